The molecule has 0 heterocycles. The highest BCUT2D eigenvalue weighted by Gasteiger charge is 1.93. The normalized spacial score (nSPS) is 8.29. The van der Waals surface area contributed by atoms with Crippen molar-refractivity contribution < 1.29 is 14.1 Å². The highest BCUT2D eigenvalue weighted by Crippen LogP contribution is 1.81. The van der Waals surface area contributed by atoms with Crippen LogP contribution in [-0.2, 0) is 9.63 Å². The molecule has 0 aliphatic heterocycles. The first-order valence-corrected chi connectivity index (χ1v) is 1.78. The van der Waals surface area contributed by atoms with Crippen molar-refractivity contribution in [1.29, 1.82) is 0 Å². The first-order valence-electron chi connectivity index (χ1n) is 1.78. The Bertz CT molecular complexity index is 58.9. The van der Waals surface area contributed by atoms with Gasteiger partial charge >= 0.3 is 6.41 Å². The van der Waals surface area contributed by atoms with E-state index in [9.17, 15) is 9.28 Å². The number of carbonyl (C=O) groups excluding carboxylic acids is 1. The van der Waals surface area contributed by atoms with Crippen LogP contribution in [0.3, 0.4) is 0 Å². The number of rotatable bonds is 3. The molecular weight excluding hydrogens is 101 g/mol. The molecule has 0 saturated heterocycles. The Morgan fingerprint density at radius 2 is 2.57 bits per heavy atom. The highest BCUT2D eigenvalue weighted by molar-refractivity contribution is 5.43. The predicted molar refractivity (Wildman–Crippen MR) is 20.3 cm³/mol. The zero-order valence-electron chi connectivity index (χ0n) is 3.85. The second-order valence-electron chi connectivity index (χ2n) is 0.754. The molecule has 0 aliphatic rings. The van der Waals surface area contributed by atoms with E-state index in [1.54, 1.807) is 6.92 Å². The van der Waals surface area contributed by atoms with Gasteiger partial charge in [-0.2, -0.15) is 0 Å². The van der Waals surface area contributed by atoms with E-state index in [2.05, 4.69) is 4.84 Å². The van der Waals surface area contributed by atoms with Crippen LogP contribution in [0.2, 0.25) is 0 Å². The molecule has 1 radical (unpaired) electrons. The fourth-order valence-corrected chi connectivity index (χ4v) is 0.140. The van der Waals surface area contributed by atoms with Crippen molar-refractivity contribution in [1.82, 2.24) is 5.29 Å². The Morgan fingerprint density at radius 3 is 2.71 bits per heavy atom. The maximum atomic E-state index is 11.3. The third-order valence-corrected chi connectivity index (χ3v) is 0.314. The van der Waals surface area contributed by atoms with Crippen molar-refractivity contribution in [2.24, 2.45) is 0 Å². The van der Waals surface area contributed by atoms with Crippen LogP contribution in [0.1, 0.15) is 6.92 Å². The predicted octanol–water partition coefficient (Wildman–Crippen LogP) is 0.192. The molecule has 3 nitrogen and oxygen atoms in total. The largest absolute Gasteiger partial charge is 0.371 e. The Balaban J connectivity index is 2.98. The number of amides is 1. The van der Waals surface area contributed by atoms with E-state index in [0.717, 1.165) is 6.41 Å². The highest BCUT2D eigenvalue weighted by atomic mass is 19.2. The zero-order chi connectivity index (χ0) is 5.70. The summed E-state index contributed by atoms with van der Waals surface area (Å²) in [5.41, 5.74) is 0. The summed E-state index contributed by atoms with van der Waals surface area (Å²) in [6.45, 7) is 1.69. The summed E-state index contributed by atoms with van der Waals surface area (Å²) in [6, 6.07) is 0. The molecule has 0 aromatic carbocycles. The minimum absolute atomic E-state index is 0.131. The fraction of sp³-hybridized carbons (Fsp3) is 0.667. The average molecular weight is 106 g/mol. The molecule has 0 unspecified atom stereocenters. The SMILES string of the molecule is CCON(F)[C]=O. The number of hydrogen-bond donors (Lipinski definition) is 0. The van der Waals surface area contributed by atoms with Crippen LogP contribution in [0.5, 0.6) is 0 Å². The third kappa shape index (κ3) is 3.18. The maximum Gasteiger partial charge on any atom is 0.371 e. The van der Waals surface area contributed by atoms with Crippen LogP contribution in [0.15, 0.2) is 0 Å². The number of halogens is 1. The van der Waals surface area contributed by atoms with Gasteiger partial charge in [0.1, 0.15) is 0 Å². The number of nitrogens with zero attached hydrogens (tertiary/aromatic N) is 1. The number of hydroxylamine groups is 1. The Morgan fingerprint density at radius 1 is 2.00 bits per heavy atom. The van der Waals surface area contributed by atoms with Crippen molar-refractivity contribution in [3.05, 3.63) is 0 Å². The molecule has 0 bridgehead atoms. The fourth-order valence-electron chi connectivity index (χ4n) is 0.140. The van der Waals surface area contributed by atoms with Gasteiger partial charge in [0, 0.05) is 0 Å². The van der Waals surface area contributed by atoms with Crippen LogP contribution in [0.25, 0.3) is 0 Å². The lowest BCUT2D eigenvalue weighted by atomic mass is 10.9. The summed E-state index contributed by atoms with van der Waals surface area (Å²) in [7, 11) is 0. The van der Waals surface area contributed by atoms with Gasteiger partial charge in [0.15, 0.2) is 0 Å². The Labute approximate surface area is 40.6 Å². The first kappa shape index (κ1) is 6.36. The minimum atomic E-state index is -0.500. The Hall–Kier alpha value is -0.640. The zero-order valence-corrected chi connectivity index (χ0v) is 3.85. The van der Waals surface area contributed by atoms with Crippen LogP contribution in [0.4, 0.5) is 4.48 Å². The molecule has 0 atom stereocenters. The van der Waals surface area contributed by atoms with Gasteiger partial charge in [0.2, 0.25) is 0 Å². The van der Waals surface area contributed by atoms with E-state index in [-0.39, 0.29) is 6.61 Å². The molecule has 0 rings (SSSR count). The smallest absolute Gasteiger partial charge is 0.258 e. The topological polar surface area (TPSA) is 29.5 Å². The molecule has 7 heavy (non-hydrogen) atoms. The van der Waals surface area contributed by atoms with Crippen molar-refractivity contribution in [2.45, 2.75) is 6.92 Å². The summed E-state index contributed by atoms with van der Waals surface area (Å²) in [5.74, 6) is 0. The van der Waals surface area contributed by atoms with Crippen molar-refractivity contribution in [2.75, 3.05) is 6.61 Å². The minimum Gasteiger partial charge on any atom is -0.258 e. The summed E-state index contributed by atoms with van der Waals surface area (Å²) in [6.07, 6.45) is 0.860. The van der Waals surface area contributed by atoms with Crippen molar-refractivity contribution >= 4 is 6.41 Å². The van der Waals surface area contributed by atoms with Gasteiger partial charge in [-0.3, -0.25) is 4.79 Å². The molecule has 0 aliphatic carbocycles. The van der Waals surface area contributed by atoms with Crippen LogP contribution >= 0.6 is 0 Å². The molecule has 0 saturated carbocycles. The Kier molecular flexibility index (Phi) is 3.22. The molecule has 0 spiro atoms. The molecule has 0 fully saturated rings. The molecule has 0 aromatic heterocycles. The maximum absolute atomic E-state index is 11.3. The second kappa shape index (κ2) is 3.55. The molecule has 1 amide bonds. The molecule has 0 N–H and O–H groups in total. The van der Waals surface area contributed by atoms with Gasteiger partial charge in [-0.25, -0.2) is 4.84 Å². The van der Waals surface area contributed by atoms with Gasteiger partial charge in [0.25, 0.3) is 0 Å². The van der Waals surface area contributed by atoms with E-state index in [4.69, 9.17) is 0 Å². The van der Waals surface area contributed by atoms with Gasteiger partial charge < -0.3 is 0 Å². The van der Waals surface area contributed by atoms with Gasteiger partial charge in [-0.15, -0.1) is 0 Å². The lowest BCUT2D eigenvalue weighted by Crippen LogP contribution is -2.10. The van der Waals surface area contributed by atoms with Crippen LogP contribution in [0, 0.1) is 0 Å². The molecular formula is C3H5FNO2. The van der Waals surface area contributed by atoms with E-state index < -0.39 is 5.29 Å². The van der Waals surface area contributed by atoms with E-state index >= 15 is 0 Å². The molecule has 0 aromatic rings. The molecule has 41 valence electrons. The standard InChI is InChI=1S/C3H5FNO2/c1-2-7-5(4)3-6/h2H2,1H3. The third-order valence-electron chi connectivity index (χ3n) is 0.314. The average Bonchev–Trinajstić information content (AvgIpc) is 1.68. The van der Waals surface area contributed by atoms with E-state index in [1.807, 2.05) is 0 Å². The van der Waals surface area contributed by atoms with Crippen LogP contribution in [-0.4, -0.2) is 18.3 Å². The van der Waals surface area contributed by atoms with E-state index in [0.29, 0.717) is 0 Å². The van der Waals surface area contributed by atoms with Gasteiger partial charge in [-0.05, 0) is 12.2 Å². The van der Waals surface area contributed by atoms with Crippen molar-refractivity contribution in [3.8, 4) is 0 Å². The summed E-state index contributed by atoms with van der Waals surface area (Å²) in [4.78, 5) is 13.1. The lowest BCUT2D eigenvalue weighted by molar-refractivity contribution is -0.217. The lowest BCUT2D eigenvalue weighted by Gasteiger charge is -1.97. The second-order valence-corrected chi connectivity index (χ2v) is 0.754. The monoisotopic (exact) mass is 106 g/mol. The van der Waals surface area contributed by atoms with Gasteiger partial charge in [0.05, 0.1) is 6.61 Å². The summed E-state index contributed by atoms with van der Waals surface area (Å²) in [5, 5.41) is -0.500. The van der Waals surface area contributed by atoms with E-state index in [1.165, 1.54) is 0 Å². The van der Waals surface area contributed by atoms with Gasteiger partial charge in [-0.1, -0.05) is 4.48 Å². The molecule has 4 heteroatoms. The first-order chi connectivity index (χ1) is 3.31. The summed E-state index contributed by atoms with van der Waals surface area (Å²) < 4.78 is 11.3. The van der Waals surface area contributed by atoms with Crippen LogP contribution < -0.4 is 0 Å². The summed E-state index contributed by atoms with van der Waals surface area (Å²) >= 11 is 0. The number of hydrogen-bond acceptors (Lipinski definition) is 2. The van der Waals surface area contributed by atoms with Crippen molar-refractivity contribution in [3.63, 3.8) is 0 Å². The quantitative estimate of drug-likeness (QED) is 0.292.